The van der Waals surface area contributed by atoms with E-state index in [2.05, 4.69) is 17.2 Å². The van der Waals surface area contributed by atoms with Crippen LogP contribution >= 0.6 is 23.4 Å². The summed E-state index contributed by atoms with van der Waals surface area (Å²) in [5, 5.41) is 6.25. The zero-order valence-electron chi connectivity index (χ0n) is 14.3. The summed E-state index contributed by atoms with van der Waals surface area (Å²) in [5.74, 6) is 0.487. The highest BCUT2D eigenvalue weighted by Crippen LogP contribution is 2.21. The van der Waals surface area contributed by atoms with Crippen LogP contribution in [0.2, 0.25) is 5.02 Å². The fourth-order valence-corrected chi connectivity index (χ4v) is 3.20. The summed E-state index contributed by atoms with van der Waals surface area (Å²) in [4.78, 5) is 25.4. The lowest BCUT2D eigenvalue weighted by atomic mass is 10.1. The van der Waals surface area contributed by atoms with Gasteiger partial charge in [0.05, 0.1) is 11.3 Å². The van der Waals surface area contributed by atoms with Gasteiger partial charge in [0.1, 0.15) is 0 Å². The van der Waals surface area contributed by atoms with E-state index >= 15 is 0 Å². The van der Waals surface area contributed by atoms with Gasteiger partial charge in [-0.15, -0.1) is 18.3 Å². The molecule has 0 aliphatic carbocycles. The summed E-state index contributed by atoms with van der Waals surface area (Å²) in [6.07, 6.45) is 2.74. The number of hydrogen-bond donors (Lipinski definition) is 2. The van der Waals surface area contributed by atoms with Gasteiger partial charge in [-0.1, -0.05) is 29.8 Å². The van der Waals surface area contributed by atoms with Crippen LogP contribution in [0.3, 0.4) is 0 Å². The number of nitrogens with one attached hydrogen (secondary N) is 2. The maximum Gasteiger partial charge on any atom is 0.253 e. The maximum atomic E-state index is 12.2. The van der Waals surface area contributed by atoms with Crippen LogP contribution in [0.5, 0.6) is 0 Å². The Morgan fingerprint density at radius 1 is 1.12 bits per heavy atom. The molecule has 4 nitrogen and oxygen atoms in total. The predicted molar refractivity (Wildman–Crippen MR) is 109 cm³/mol. The van der Waals surface area contributed by atoms with Crippen LogP contribution in [0.1, 0.15) is 23.2 Å². The smallest absolute Gasteiger partial charge is 0.253 e. The molecule has 0 spiro atoms. The van der Waals surface area contributed by atoms with E-state index in [0.29, 0.717) is 29.2 Å². The Balaban J connectivity index is 1.81. The molecule has 0 fully saturated rings. The highest BCUT2D eigenvalue weighted by Gasteiger charge is 2.12. The molecule has 0 bridgehead atoms. The monoisotopic (exact) mass is 388 g/mol. The molecule has 2 aromatic carbocycles. The summed E-state index contributed by atoms with van der Waals surface area (Å²) >= 11 is 7.54. The molecule has 2 aromatic rings. The van der Waals surface area contributed by atoms with Crippen molar-refractivity contribution in [3.8, 4) is 0 Å². The average Bonchev–Trinajstić information content (AvgIpc) is 2.65. The first-order valence-corrected chi connectivity index (χ1v) is 9.63. The van der Waals surface area contributed by atoms with Crippen molar-refractivity contribution >= 4 is 40.9 Å². The zero-order valence-corrected chi connectivity index (χ0v) is 15.9. The first-order chi connectivity index (χ1) is 12.6. The first-order valence-electron chi connectivity index (χ1n) is 8.26. The third kappa shape index (κ3) is 6.58. The molecule has 0 saturated heterocycles. The number of rotatable bonds is 9. The van der Waals surface area contributed by atoms with E-state index in [4.69, 9.17) is 11.6 Å². The lowest BCUT2D eigenvalue weighted by Crippen LogP contribution is -2.25. The minimum absolute atomic E-state index is 0.106. The van der Waals surface area contributed by atoms with Crippen molar-refractivity contribution in [3.05, 3.63) is 71.8 Å². The van der Waals surface area contributed by atoms with Gasteiger partial charge in [-0.05, 0) is 48.6 Å². The summed E-state index contributed by atoms with van der Waals surface area (Å²) in [6, 6.07) is 14.6. The molecule has 136 valence electrons. The number of benzene rings is 2. The van der Waals surface area contributed by atoms with Gasteiger partial charge < -0.3 is 10.6 Å². The highest BCUT2D eigenvalue weighted by atomic mass is 35.5. The first kappa shape index (κ1) is 20.1. The van der Waals surface area contributed by atoms with Gasteiger partial charge >= 0.3 is 0 Å². The Hall–Kier alpha value is -2.24. The molecule has 0 atom stereocenters. The van der Waals surface area contributed by atoms with E-state index in [9.17, 15) is 9.59 Å². The summed E-state index contributed by atoms with van der Waals surface area (Å²) in [6.45, 7) is 3.95. The predicted octanol–water partition coefficient (Wildman–Crippen LogP) is 4.77. The molecule has 0 aromatic heterocycles. The van der Waals surface area contributed by atoms with E-state index in [0.717, 1.165) is 17.1 Å². The Kier molecular flexibility index (Phi) is 8.25. The Bertz CT molecular complexity index is 763. The van der Waals surface area contributed by atoms with Gasteiger partial charge in [-0.25, -0.2) is 0 Å². The van der Waals surface area contributed by atoms with Crippen LogP contribution in [0, 0.1) is 0 Å². The topological polar surface area (TPSA) is 58.2 Å². The lowest BCUT2D eigenvalue weighted by Gasteiger charge is -2.11. The highest BCUT2D eigenvalue weighted by molar-refractivity contribution is 7.99. The van der Waals surface area contributed by atoms with Gasteiger partial charge in [0.2, 0.25) is 5.91 Å². The molecule has 0 heterocycles. The molecule has 2 rings (SSSR count). The van der Waals surface area contributed by atoms with Crippen molar-refractivity contribution in [2.45, 2.75) is 17.7 Å². The molecule has 2 N–H and O–H groups in total. The van der Waals surface area contributed by atoms with E-state index in [1.54, 1.807) is 42.1 Å². The number of amides is 2. The SMILES string of the molecule is C=CCNC(=O)c1ccccc1NC(=O)CCCSc1ccc(Cl)cc1. The zero-order chi connectivity index (χ0) is 18.8. The van der Waals surface area contributed by atoms with Gasteiger partial charge in [0.25, 0.3) is 5.91 Å². The number of anilines is 1. The summed E-state index contributed by atoms with van der Waals surface area (Å²) in [5.41, 5.74) is 0.961. The van der Waals surface area contributed by atoms with Crippen LogP contribution in [-0.2, 0) is 4.79 Å². The van der Waals surface area contributed by atoms with Crippen molar-refractivity contribution in [1.29, 1.82) is 0 Å². The molecule has 0 aliphatic heterocycles. The number of carbonyl (C=O) groups excluding carboxylic acids is 2. The van der Waals surface area contributed by atoms with Crippen molar-refractivity contribution in [3.63, 3.8) is 0 Å². The second-order valence-corrected chi connectivity index (χ2v) is 7.10. The van der Waals surface area contributed by atoms with E-state index in [1.165, 1.54) is 0 Å². The maximum absolute atomic E-state index is 12.2. The number of hydrogen-bond acceptors (Lipinski definition) is 3. The Morgan fingerprint density at radius 3 is 2.58 bits per heavy atom. The third-order valence-electron chi connectivity index (χ3n) is 3.48. The Labute approximate surface area is 163 Å². The van der Waals surface area contributed by atoms with Gasteiger partial charge in [0.15, 0.2) is 0 Å². The molecule has 0 unspecified atom stereocenters. The minimum atomic E-state index is -0.237. The van der Waals surface area contributed by atoms with Crippen LogP contribution in [-0.4, -0.2) is 24.1 Å². The molecule has 2 amide bonds. The Morgan fingerprint density at radius 2 is 1.85 bits per heavy atom. The van der Waals surface area contributed by atoms with Crippen LogP contribution in [0.15, 0.2) is 66.1 Å². The largest absolute Gasteiger partial charge is 0.349 e. The average molecular weight is 389 g/mol. The molecular weight excluding hydrogens is 368 g/mol. The van der Waals surface area contributed by atoms with E-state index < -0.39 is 0 Å². The normalized spacial score (nSPS) is 10.2. The number of carbonyl (C=O) groups is 2. The standard InChI is InChI=1S/C20H21ClN2O2S/c1-2-13-22-20(25)17-6-3-4-7-18(17)23-19(24)8-5-14-26-16-11-9-15(21)10-12-16/h2-4,6-7,9-12H,1,5,8,13-14H2,(H,22,25)(H,23,24). The van der Waals surface area contributed by atoms with E-state index in [1.807, 2.05) is 24.3 Å². The van der Waals surface area contributed by atoms with Gasteiger partial charge in [-0.3, -0.25) is 9.59 Å². The third-order valence-corrected chi connectivity index (χ3v) is 4.83. The summed E-state index contributed by atoms with van der Waals surface area (Å²) in [7, 11) is 0. The van der Waals surface area contributed by atoms with Crippen LogP contribution in [0.25, 0.3) is 0 Å². The van der Waals surface area contributed by atoms with Crippen molar-refractivity contribution in [1.82, 2.24) is 5.32 Å². The second-order valence-electron chi connectivity index (χ2n) is 5.50. The number of thioether (sulfide) groups is 1. The minimum Gasteiger partial charge on any atom is -0.349 e. The van der Waals surface area contributed by atoms with Crippen LogP contribution < -0.4 is 10.6 Å². The van der Waals surface area contributed by atoms with Gasteiger partial charge in [-0.2, -0.15) is 0 Å². The summed E-state index contributed by atoms with van der Waals surface area (Å²) < 4.78 is 0. The fourth-order valence-electron chi connectivity index (χ4n) is 2.22. The number of halogens is 1. The molecule has 0 saturated carbocycles. The van der Waals surface area contributed by atoms with Crippen molar-refractivity contribution in [2.24, 2.45) is 0 Å². The van der Waals surface area contributed by atoms with Crippen LogP contribution in [0.4, 0.5) is 5.69 Å². The lowest BCUT2D eigenvalue weighted by molar-refractivity contribution is -0.116. The molecule has 0 radical (unpaired) electrons. The molecule has 26 heavy (non-hydrogen) atoms. The molecule has 6 heteroatoms. The van der Waals surface area contributed by atoms with Crippen molar-refractivity contribution < 1.29 is 9.59 Å². The molecule has 0 aliphatic rings. The van der Waals surface area contributed by atoms with E-state index in [-0.39, 0.29) is 11.8 Å². The quantitative estimate of drug-likeness (QED) is 0.369. The molecular formula is C20H21ClN2O2S. The fraction of sp³-hybridized carbons (Fsp3) is 0.200. The number of para-hydroxylation sites is 1. The second kappa shape index (κ2) is 10.7. The van der Waals surface area contributed by atoms with Crippen molar-refractivity contribution in [2.75, 3.05) is 17.6 Å². The van der Waals surface area contributed by atoms with Gasteiger partial charge in [0, 0.05) is 22.9 Å².